The Bertz CT molecular complexity index is 1090. The molecule has 1 aliphatic carbocycles. The lowest BCUT2D eigenvalue weighted by Gasteiger charge is -2.35. The number of aliphatic hydroxyl groups is 1. The molecule has 7 heteroatoms. The van der Waals surface area contributed by atoms with Crippen LogP contribution in [0.5, 0.6) is 11.5 Å². The molecule has 2 aromatic carbocycles. The second kappa shape index (κ2) is 10.5. The number of Topliss-reactive ketones (excluding diaryl/α,β-unsaturated/α-hetero) is 1. The van der Waals surface area contributed by atoms with Crippen molar-refractivity contribution in [3.8, 4) is 11.5 Å². The fourth-order valence-electron chi connectivity index (χ4n) is 4.93. The van der Waals surface area contributed by atoms with Crippen LogP contribution in [0.4, 0.5) is 0 Å². The lowest BCUT2D eigenvalue weighted by molar-refractivity contribution is -0.141. The number of aliphatic hydroxyl groups excluding tert-OH is 1. The maximum Gasteiger partial charge on any atom is 0.295 e. The van der Waals surface area contributed by atoms with Gasteiger partial charge in [-0.1, -0.05) is 43.0 Å². The fraction of sp³-hybridized carbons (Fsp3) is 0.407. The third-order valence-corrected chi connectivity index (χ3v) is 6.70. The molecule has 0 spiro atoms. The smallest absolute Gasteiger partial charge is 0.295 e. The molecule has 2 fully saturated rings. The summed E-state index contributed by atoms with van der Waals surface area (Å²) in [6.07, 6.45) is 4.81. The normalized spacial score (nSPS) is 20.6. The minimum atomic E-state index is -0.693. The van der Waals surface area contributed by atoms with E-state index >= 15 is 0 Å². The van der Waals surface area contributed by atoms with Gasteiger partial charge in [-0.2, -0.15) is 0 Å². The summed E-state index contributed by atoms with van der Waals surface area (Å²) in [6, 6.07) is 11.4. The lowest BCUT2D eigenvalue weighted by Crippen LogP contribution is -2.40. The SMILES string of the molecule is CCOc1ccc(/C(O)=C2/C(=O)C(=O)N(C3CCCCC3)C2c2ccc(Cl)cc2)c(OCC)c1. The number of hydrogen-bond donors (Lipinski definition) is 1. The molecule has 1 amide bonds. The molecule has 1 saturated carbocycles. The van der Waals surface area contributed by atoms with E-state index in [2.05, 4.69) is 0 Å². The second-order valence-electron chi connectivity index (χ2n) is 8.57. The van der Waals surface area contributed by atoms with Crippen LogP contribution in [0.25, 0.3) is 5.76 Å². The molecule has 0 aromatic heterocycles. The first-order valence-corrected chi connectivity index (χ1v) is 12.3. The molecule has 4 rings (SSSR count). The van der Waals surface area contributed by atoms with E-state index in [0.29, 0.717) is 35.3 Å². The van der Waals surface area contributed by atoms with Crippen LogP contribution in [0.2, 0.25) is 5.02 Å². The molecular formula is C27H30ClNO5. The summed E-state index contributed by atoms with van der Waals surface area (Å²) in [7, 11) is 0. The third-order valence-electron chi connectivity index (χ3n) is 6.45. The zero-order valence-electron chi connectivity index (χ0n) is 19.6. The van der Waals surface area contributed by atoms with Crippen LogP contribution in [0.15, 0.2) is 48.0 Å². The quantitative estimate of drug-likeness (QED) is 0.302. The van der Waals surface area contributed by atoms with Gasteiger partial charge in [0, 0.05) is 17.1 Å². The molecule has 0 bridgehead atoms. The largest absolute Gasteiger partial charge is 0.507 e. The van der Waals surface area contributed by atoms with Crippen LogP contribution in [-0.2, 0) is 9.59 Å². The Morgan fingerprint density at radius 2 is 1.68 bits per heavy atom. The molecular weight excluding hydrogens is 454 g/mol. The fourth-order valence-corrected chi connectivity index (χ4v) is 5.06. The molecule has 1 saturated heterocycles. The van der Waals surface area contributed by atoms with Crippen LogP contribution in [0.1, 0.15) is 63.1 Å². The molecule has 1 unspecified atom stereocenters. The number of amides is 1. The number of carbonyl (C=O) groups is 2. The molecule has 34 heavy (non-hydrogen) atoms. The Kier molecular flexibility index (Phi) is 7.47. The van der Waals surface area contributed by atoms with Gasteiger partial charge < -0.3 is 19.5 Å². The van der Waals surface area contributed by atoms with Gasteiger partial charge >= 0.3 is 0 Å². The molecule has 1 atom stereocenters. The van der Waals surface area contributed by atoms with E-state index in [0.717, 1.165) is 37.7 Å². The Hall–Kier alpha value is -2.99. The van der Waals surface area contributed by atoms with Crippen LogP contribution >= 0.6 is 11.6 Å². The van der Waals surface area contributed by atoms with Crippen LogP contribution in [0.3, 0.4) is 0 Å². The van der Waals surface area contributed by atoms with Crippen molar-refractivity contribution in [2.75, 3.05) is 13.2 Å². The number of ether oxygens (including phenoxy) is 2. The molecule has 2 aliphatic rings. The monoisotopic (exact) mass is 483 g/mol. The Morgan fingerprint density at radius 3 is 2.32 bits per heavy atom. The molecule has 1 aliphatic heterocycles. The van der Waals surface area contributed by atoms with Crippen molar-refractivity contribution >= 4 is 29.1 Å². The highest BCUT2D eigenvalue weighted by Gasteiger charge is 2.49. The predicted octanol–water partition coefficient (Wildman–Crippen LogP) is 5.89. The number of hydrogen-bond acceptors (Lipinski definition) is 5. The van der Waals surface area contributed by atoms with Crippen molar-refractivity contribution in [1.82, 2.24) is 4.90 Å². The summed E-state index contributed by atoms with van der Waals surface area (Å²) in [6.45, 7) is 4.58. The summed E-state index contributed by atoms with van der Waals surface area (Å²) in [5, 5.41) is 12.0. The number of nitrogens with zero attached hydrogens (tertiary/aromatic N) is 1. The van der Waals surface area contributed by atoms with E-state index < -0.39 is 17.7 Å². The zero-order valence-corrected chi connectivity index (χ0v) is 20.3. The molecule has 180 valence electrons. The topological polar surface area (TPSA) is 76.1 Å². The summed E-state index contributed by atoms with van der Waals surface area (Å²) in [5.41, 5.74) is 1.16. The first kappa shape index (κ1) is 24.1. The third kappa shape index (κ3) is 4.64. The van der Waals surface area contributed by atoms with Gasteiger partial charge in [-0.25, -0.2) is 0 Å². The average molecular weight is 484 g/mol. The Morgan fingerprint density at radius 1 is 1.00 bits per heavy atom. The maximum atomic E-state index is 13.4. The summed E-state index contributed by atoms with van der Waals surface area (Å²) in [5.74, 6) is -0.510. The standard InChI is InChI=1S/C27H30ClNO5/c1-3-33-20-14-15-21(22(16-20)34-4-2)25(30)23-24(17-10-12-18(28)13-11-17)29(27(32)26(23)31)19-8-6-5-7-9-19/h10-16,19,24,30H,3-9H2,1-2H3/b25-23-. The minimum absolute atomic E-state index is 0.0529. The molecule has 1 heterocycles. The number of carbonyl (C=O) groups excluding carboxylic acids is 2. The lowest BCUT2D eigenvalue weighted by atomic mass is 9.91. The Labute approximate surface area is 205 Å². The highest BCUT2D eigenvalue weighted by atomic mass is 35.5. The van der Waals surface area contributed by atoms with Crippen molar-refractivity contribution in [3.05, 3.63) is 64.2 Å². The van der Waals surface area contributed by atoms with Gasteiger partial charge in [-0.05, 0) is 56.5 Å². The first-order chi connectivity index (χ1) is 16.5. The van der Waals surface area contributed by atoms with E-state index in [9.17, 15) is 14.7 Å². The van der Waals surface area contributed by atoms with Gasteiger partial charge in [0.15, 0.2) is 0 Å². The maximum absolute atomic E-state index is 13.4. The zero-order chi connectivity index (χ0) is 24.2. The molecule has 0 radical (unpaired) electrons. The first-order valence-electron chi connectivity index (χ1n) is 11.9. The van der Waals surface area contributed by atoms with Crippen LogP contribution < -0.4 is 9.47 Å². The highest BCUT2D eigenvalue weighted by Crippen LogP contribution is 2.44. The number of halogens is 1. The van der Waals surface area contributed by atoms with Gasteiger partial charge in [0.25, 0.3) is 11.7 Å². The van der Waals surface area contributed by atoms with E-state index in [4.69, 9.17) is 21.1 Å². The summed E-state index contributed by atoms with van der Waals surface area (Å²) in [4.78, 5) is 28.3. The van der Waals surface area contributed by atoms with E-state index in [1.165, 1.54) is 0 Å². The molecule has 6 nitrogen and oxygen atoms in total. The van der Waals surface area contributed by atoms with E-state index in [-0.39, 0.29) is 17.4 Å². The van der Waals surface area contributed by atoms with Gasteiger partial charge in [0.05, 0.1) is 30.4 Å². The predicted molar refractivity (Wildman–Crippen MR) is 131 cm³/mol. The van der Waals surface area contributed by atoms with Crippen LogP contribution in [-0.4, -0.2) is 41.0 Å². The number of ketones is 1. The van der Waals surface area contributed by atoms with Gasteiger partial charge in [0.1, 0.15) is 17.3 Å². The molecule has 2 aromatic rings. The highest BCUT2D eigenvalue weighted by molar-refractivity contribution is 6.46. The number of rotatable bonds is 7. The summed E-state index contributed by atoms with van der Waals surface area (Å²) >= 11 is 6.11. The number of benzene rings is 2. The van der Waals surface area contributed by atoms with Crippen molar-refractivity contribution in [3.63, 3.8) is 0 Å². The van der Waals surface area contributed by atoms with Crippen molar-refractivity contribution in [2.45, 2.75) is 58.0 Å². The van der Waals surface area contributed by atoms with Gasteiger partial charge in [-0.15, -0.1) is 0 Å². The number of likely N-dealkylation sites (tertiary alicyclic amines) is 1. The van der Waals surface area contributed by atoms with E-state index in [1.807, 2.05) is 26.0 Å². The van der Waals surface area contributed by atoms with Gasteiger partial charge in [-0.3, -0.25) is 9.59 Å². The van der Waals surface area contributed by atoms with Gasteiger partial charge in [0.2, 0.25) is 0 Å². The summed E-state index contributed by atoms with van der Waals surface area (Å²) < 4.78 is 11.3. The van der Waals surface area contributed by atoms with Crippen molar-refractivity contribution in [1.29, 1.82) is 0 Å². The van der Waals surface area contributed by atoms with Crippen molar-refractivity contribution in [2.24, 2.45) is 0 Å². The van der Waals surface area contributed by atoms with Crippen LogP contribution in [0, 0.1) is 0 Å². The Balaban J connectivity index is 1.87. The average Bonchev–Trinajstić information content (AvgIpc) is 3.11. The molecule has 1 N–H and O–H groups in total. The van der Waals surface area contributed by atoms with E-state index in [1.54, 1.807) is 35.2 Å². The minimum Gasteiger partial charge on any atom is -0.507 e. The second-order valence-corrected chi connectivity index (χ2v) is 9.01. The van der Waals surface area contributed by atoms with Crippen molar-refractivity contribution < 1.29 is 24.2 Å².